The van der Waals surface area contributed by atoms with Gasteiger partial charge in [0.2, 0.25) is 11.8 Å². The van der Waals surface area contributed by atoms with Gasteiger partial charge in [-0.05, 0) is 38.0 Å². The molecule has 27 heavy (non-hydrogen) atoms. The lowest BCUT2D eigenvalue weighted by Gasteiger charge is -2.30. The molecule has 2 fully saturated rings. The summed E-state index contributed by atoms with van der Waals surface area (Å²) in [5, 5.41) is 3.97. The quantitative estimate of drug-likeness (QED) is 0.720. The molecule has 1 atom stereocenters. The monoisotopic (exact) mass is 427 g/mol. The van der Waals surface area contributed by atoms with Crippen LogP contribution in [0.25, 0.3) is 0 Å². The van der Waals surface area contributed by atoms with Crippen LogP contribution in [-0.4, -0.2) is 39.7 Å². The average molecular weight is 428 g/mol. The van der Waals surface area contributed by atoms with Gasteiger partial charge >= 0.3 is 0 Å². The van der Waals surface area contributed by atoms with Crippen LogP contribution >= 0.6 is 35.0 Å². The van der Waals surface area contributed by atoms with Crippen molar-refractivity contribution in [2.24, 2.45) is 4.99 Å². The minimum Gasteiger partial charge on any atom is -0.325 e. The molecule has 2 aliphatic rings. The molecule has 1 aliphatic carbocycles. The number of nitrogens with one attached hydrogen (secondary N) is 1. The van der Waals surface area contributed by atoms with Crippen molar-refractivity contribution >= 4 is 57.6 Å². The van der Waals surface area contributed by atoms with E-state index in [-0.39, 0.29) is 24.3 Å². The van der Waals surface area contributed by atoms with Crippen LogP contribution in [0.15, 0.2) is 23.2 Å². The van der Waals surface area contributed by atoms with Gasteiger partial charge in [0.25, 0.3) is 0 Å². The number of carbonyl (C=O) groups is 2. The third-order valence-corrected chi connectivity index (χ3v) is 6.53. The molecule has 1 heterocycles. The van der Waals surface area contributed by atoms with E-state index in [0.717, 1.165) is 30.9 Å². The maximum Gasteiger partial charge on any atom is 0.242 e. The normalized spacial score (nSPS) is 22.5. The highest BCUT2D eigenvalue weighted by Crippen LogP contribution is 2.35. The van der Waals surface area contributed by atoms with E-state index < -0.39 is 5.25 Å². The zero-order chi connectivity index (χ0) is 19.4. The van der Waals surface area contributed by atoms with E-state index >= 15 is 0 Å². The van der Waals surface area contributed by atoms with E-state index in [4.69, 9.17) is 23.2 Å². The molecule has 5 nitrogen and oxygen atoms in total. The second kappa shape index (κ2) is 9.30. The molecule has 1 aliphatic heterocycles. The number of rotatable bonds is 5. The Morgan fingerprint density at radius 1 is 1.30 bits per heavy atom. The molecule has 0 unspecified atom stereocenters. The van der Waals surface area contributed by atoms with Gasteiger partial charge < -0.3 is 5.32 Å². The Morgan fingerprint density at radius 2 is 2.04 bits per heavy atom. The van der Waals surface area contributed by atoms with Crippen LogP contribution in [0.4, 0.5) is 5.69 Å². The fourth-order valence-corrected chi connectivity index (χ4v) is 5.10. The van der Waals surface area contributed by atoms with Crippen LogP contribution < -0.4 is 5.32 Å². The zero-order valence-corrected chi connectivity index (χ0v) is 17.5. The van der Waals surface area contributed by atoms with Crippen LogP contribution in [0, 0.1) is 0 Å². The van der Waals surface area contributed by atoms with Gasteiger partial charge in [-0.15, -0.1) is 0 Å². The molecule has 0 bridgehead atoms. The number of hydrogen-bond acceptors (Lipinski definition) is 4. The van der Waals surface area contributed by atoms with Crippen molar-refractivity contribution in [3.63, 3.8) is 0 Å². The Kier molecular flexibility index (Phi) is 7.06. The summed E-state index contributed by atoms with van der Waals surface area (Å²) in [6, 6.07) is 5.10. The average Bonchev–Trinajstić information content (AvgIpc) is 2.94. The molecule has 2 amide bonds. The summed E-state index contributed by atoms with van der Waals surface area (Å²) in [7, 11) is 0. The number of anilines is 1. The third-order valence-electron chi connectivity index (χ3n) is 4.77. The van der Waals surface area contributed by atoms with Crippen molar-refractivity contribution in [2.75, 3.05) is 11.9 Å². The molecule has 0 radical (unpaired) electrons. The van der Waals surface area contributed by atoms with E-state index in [0.29, 0.717) is 22.3 Å². The first-order chi connectivity index (χ1) is 13.0. The Morgan fingerprint density at radius 3 is 2.74 bits per heavy atom. The highest BCUT2D eigenvalue weighted by Gasteiger charge is 2.42. The number of benzene rings is 1. The van der Waals surface area contributed by atoms with E-state index in [1.165, 1.54) is 18.2 Å². The second-order valence-electron chi connectivity index (χ2n) is 6.74. The van der Waals surface area contributed by atoms with E-state index in [1.807, 2.05) is 11.8 Å². The fourth-order valence-electron chi connectivity index (χ4n) is 3.50. The highest BCUT2D eigenvalue weighted by atomic mass is 35.5. The van der Waals surface area contributed by atoms with Crippen LogP contribution in [0.3, 0.4) is 0 Å². The predicted molar refractivity (Wildman–Crippen MR) is 113 cm³/mol. The van der Waals surface area contributed by atoms with Gasteiger partial charge in [0.05, 0.1) is 10.7 Å². The van der Waals surface area contributed by atoms with Crippen molar-refractivity contribution in [3.8, 4) is 0 Å². The fraction of sp³-hybridized carbons (Fsp3) is 0.526. The third kappa shape index (κ3) is 4.98. The first kappa shape index (κ1) is 20.5. The maximum atomic E-state index is 13.0. The van der Waals surface area contributed by atoms with Crippen LogP contribution in [0.5, 0.6) is 0 Å². The van der Waals surface area contributed by atoms with Gasteiger partial charge in [-0.3, -0.25) is 19.5 Å². The minimum absolute atomic E-state index is 0.00792. The number of nitrogens with zero attached hydrogens (tertiary/aromatic N) is 2. The molecule has 0 spiro atoms. The number of thioether (sulfide) groups is 1. The number of hydrogen-bond donors (Lipinski definition) is 1. The van der Waals surface area contributed by atoms with Crippen molar-refractivity contribution in [3.05, 3.63) is 28.2 Å². The van der Waals surface area contributed by atoms with E-state index in [2.05, 4.69) is 10.3 Å². The lowest BCUT2D eigenvalue weighted by atomic mass is 9.94. The first-order valence-corrected chi connectivity index (χ1v) is 10.9. The minimum atomic E-state index is -0.449. The SMILES string of the molecule is CCN=C1S[C@H](CC(=O)Nc2cc(Cl)ccc2Cl)C(=O)N1C1CCCCC1. The summed E-state index contributed by atoms with van der Waals surface area (Å²) < 4.78 is 0. The van der Waals surface area contributed by atoms with E-state index in [1.54, 1.807) is 18.2 Å². The summed E-state index contributed by atoms with van der Waals surface area (Å²) in [5.74, 6) is -0.266. The Bertz CT molecular complexity index is 750. The van der Waals surface area contributed by atoms with Crippen molar-refractivity contribution < 1.29 is 9.59 Å². The molecule has 1 saturated carbocycles. The lowest BCUT2D eigenvalue weighted by molar-refractivity contribution is -0.130. The van der Waals surface area contributed by atoms with Crippen molar-refractivity contribution in [1.29, 1.82) is 0 Å². The molecule has 3 rings (SSSR count). The molecule has 1 aromatic rings. The molecule has 8 heteroatoms. The molecule has 0 aromatic heterocycles. The van der Waals surface area contributed by atoms with Crippen LogP contribution in [0.1, 0.15) is 45.4 Å². The molecular weight excluding hydrogens is 405 g/mol. The molecular formula is C19H23Cl2N3O2S. The smallest absolute Gasteiger partial charge is 0.242 e. The summed E-state index contributed by atoms with van der Waals surface area (Å²) in [4.78, 5) is 31.8. The van der Waals surface area contributed by atoms with Gasteiger partial charge in [-0.2, -0.15) is 0 Å². The highest BCUT2D eigenvalue weighted by molar-refractivity contribution is 8.15. The Balaban J connectivity index is 1.69. The molecule has 1 saturated heterocycles. The van der Waals surface area contributed by atoms with Gasteiger partial charge in [0.15, 0.2) is 5.17 Å². The Labute approximate surface area is 173 Å². The molecule has 1 aromatic carbocycles. The number of amides is 2. The van der Waals surface area contributed by atoms with Crippen LogP contribution in [0.2, 0.25) is 10.0 Å². The standard InChI is InChI=1S/C19H23Cl2N3O2S/c1-2-22-19-24(13-6-4-3-5-7-13)18(26)16(27-19)11-17(25)23-15-10-12(20)8-9-14(15)21/h8-10,13,16H,2-7,11H2,1H3,(H,23,25)/t16-/m1/s1. The maximum absolute atomic E-state index is 13.0. The lowest BCUT2D eigenvalue weighted by Crippen LogP contribution is -2.42. The number of amidine groups is 1. The summed E-state index contributed by atoms with van der Waals surface area (Å²) in [6.45, 7) is 2.58. The molecule has 146 valence electrons. The summed E-state index contributed by atoms with van der Waals surface area (Å²) >= 11 is 13.5. The number of carbonyl (C=O) groups excluding carboxylic acids is 2. The largest absolute Gasteiger partial charge is 0.325 e. The summed E-state index contributed by atoms with van der Waals surface area (Å²) in [6.07, 6.45) is 5.59. The number of halogens is 2. The zero-order valence-electron chi connectivity index (χ0n) is 15.2. The topological polar surface area (TPSA) is 61.8 Å². The van der Waals surface area contributed by atoms with Crippen molar-refractivity contribution in [1.82, 2.24) is 4.90 Å². The van der Waals surface area contributed by atoms with E-state index in [9.17, 15) is 9.59 Å². The van der Waals surface area contributed by atoms with Crippen molar-refractivity contribution in [2.45, 2.75) is 56.7 Å². The van der Waals surface area contributed by atoms with Gasteiger partial charge in [-0.1, -0.05) is 54.2 Å². The van der Waals surface area contributed by atoms with Gasteiger partial charge in [0, 0.05) is 24.0 Å². The van der Waals surface area contributed by atoms with Gasteiger partial charge in [-0.25, -0.2) is 0 Å². The van der Waals surface area contributed by atoms with Gasteiger partial charge in [0.1, 0.15) is 5.25 Å². The predicted octanol–water partition coefficient (Wildman–Crippen LogP) is 4.97. The molecule has 1 N–H and O–H groups in total. The number of aliphatic imine (C=N–C) groups is 1. The first-order valence-electron chi connectivity index (χ1n) is 9.28. The Hall–Kier alpha value is -1.24. The second-order valence-corrected chi connectivity index (χ2v) is 8.75. The van der Waals surface area contributed by atoms with Crippen LogP contribution in [-0.2, 0) is 9.59 Å². The summed E-state index contributed by atoms with van der Waals surface area (Å²) in [5.41, 5.74) is 0.455.